The fourth-order valence-electron chi connectivity index (χ4n) is 1.77. The molecule has 0 spiro atoms. The van der Waals surface area contributed by atoms with Crippen LogP contribution in [0.15, 0.2) is 41.0 Å². The van der Waals surface area contributed by atoms with Gasteiger partial charge in [-0.05, 0) is 31.5 Å². The SMILES string of the molecule is CCC(C)Oc1cccc(NCc2cc(C(=O)O)co2)c1. The van der Waals surface area contributed by atoms with E-state index in [-0.39, 0.29) is 11.7 Å². The van der Waals surface area contributed by atoms with Crippen LogP contribution in [0.25, 0.3) is 0 Å². The average molecular weight is 289 g/mol. The monoisotopic (exact) mass is 289 g/mol. The van der Waals surface area contributed by atoms with Crippen LogP contribution in [0, 0.1) is 0 Å². The Bertz CT molecular complexity index is 606. The van der Waals surface area contributed by atoms with Gasteiger partial charge in [0.2, 0.25) is 0 Å². The maximum Gasteiger partial charge on any atom is 0.338 e. The first-order valence-corrected chi connectivity index (χ1v) is 6.89. The number of ether oxygens (including phenoxy) is 1. The van der Waals surface area contributed by atoms with Gasteiger partial charge >= 0.3 is 5.97 Å². The van der Waals surface area contributed by atoms with E-state index in [9.17, 15) is 4.79 Å². The summed E-state index contributed by atoms with van der Waals surface area (Å²) in [4.78, 5) is 10.8. The number of aromatic carboxylic acids is 1. The van der Waals surface area contributed by atoms with Crippen molar-refractivity contribution in [3.63, 3.8) is 0 Å². The zero-order chi connectivity index (χ0) is 15.2. The van der Waals surface area contributed by atoms with Crippen molar-refractivity contribution in [2.45, 2.75) is 32.9 Å². The van der Waals surface area contributed by atoms with Crippen LogP contribution >= 0.6 is 0 Å². The van der Waals surface area contributed by atoms with Gasteiger partial charge in [0.05, 0.1) is 18.2 Å². The van der Waals surface area contributed by atoms with Crippen LogP contribution in [0.5, 0.6) is 5.75 Å². The summed E-state index contributed by atoms with van der Waals surface area (Å²) in [7, 11) is 0. The molecule has 1 aromatic heterocycles. The molecule has 0 aliphatic carbocycles. The predicted octanol–water partition coefficient (Wildman–Crippen LogP) is 3.77. The minimum atomic E-state index is -0.992. The Morgan fingerprint density at radius 1 is 1.43 bits per heavy atom. The molecular weight excluding hydrogens is 270 g/mol. The van der Waals surface area contributed by atoms with Crippen LogP contribution in [0.1, 0.15) is 36.4 Å². The Balaban J connectivity index is 1.96. The minimum Gasteiger partial charge on any atom is -0.491 e. The smallest absolute Gasteiger partial charge is 0.338 e. The van der Waals surface area contributed by atoms with Gasteiger partial charge in [0, 0.05) is 11.8 Å². The number of hydrogen-bond acceptors (Lipinski definition) is 4. The highest BCUT2D eigenvalue weighted by atomic mass is 16.5. The van der Waals surface area contributed by atoms with Crippen LogP contribution in [0.3, 0.4) is 0 Å². The van der Waals surface area contributed by atoms with Gasteiger partial charge in [-0.3, -0.25) is 0 Å². The van der Waals surface area contributed by atoms with E-state index in [1.807, 2.05) is 31.2 Å². The second-order valence-corrected chi connectivity index (χ2v) is 4.82. The number of nitrogens with one attached hydrogen (secondary N) is 1. The summed E-state index contributed by atoms with van der Waals surface area (Å²) in [5.41, 5.74) is 1.05. The molecule has 0 aliphatic heterocycles. The zero-order valence-electron chi connectivity index (χ0n) is 12.1. The molecule has 5 nitrogen and oxygen atoms in total. The third-order valence-corrected chi connectivity index (χ3v) is 3.11. The molecule has 112 valence electrons. The van der Waals surface area contributed by atoms with E-state index in [1.165, 1.54) is 12.3 Å². The first-order chi connectivity index (χ1) is 10.1. The third kappa shape index (κ3) is 4.27. The van der Waals surface area contributed by atoms with Gasteiger partial charge in [0.1, 0.15) is 17.8 Å². The molecular formula is C16H19NO4. The molecule has 0 aliphatic rings. The largest absolute Gasteiger partial charge is 0.491 e. The molecule has 1 heterocycles. The molecule has 1 unspecified atom stereocenters. The summed E-state index contributed by atoms with van der Waals surface area (Å²) in [5, 5.41) is 12.0. The number of furan rings is 1. The predicted molar refractivity (Wildman–Crippen MR) is 79.8 cm³/mol. The van der Waals surface area contributed by atoms with Gasteiger partial charge in [0.15, 0.2) is 0 Å². The normalized spacial score (nSPS) is 11.9. The summed E-state index contributed by atoms with van der Waals surface area (Å²) in [6.07, 6.45) is 2.35. The van der Waals surface area contributed by atoms with E-state index in [0.717, 1.165) is 17.9 Å². The summed E-state index contributed by atoms with van der Waals surface area (Å²) < 4.78 is 10.9. The highest BCUT2D eigenvalue weighted by Gasteiger charge is 2.08. The number of benzene rings is 1. The topological polar surface area (TPSA) is 71.7 Å². The van der Waals surface area contributed by atoms with E-state index >= 15 is 0 Å². The number of carboxylic acid groups (broad SMARTS) is 1. The summed E-state index contributed by atoms with van der Waals surface area (Å²) in [5.74, 6) is 0.384. The van der Waals surface area contributed by atoms with E-state index in [2.05, 4.69) is 12.2 Å². The molecule has 1 atom stereocenters. The van der Waals surface area contributed by atoms with Crippen molar-refractivity contribution in [2.75, 3.05) is 5.32 Å². The molecule has 0 saturated heterocycles. The van der Waals surface area contributed by atoms with Crippen LogP contribution in [0.2, 0.25) is 0 Å². The maximum absolute atomic E-state index is 10.8. The van der Waals surface area contributed by atoms with E-state index in [0.29, 0.717) is 12.3 Å². The first-order valence-electron chi connectivity index (χ1n) is 6.89. The van der Waals surface area contributed by atoms with E-state index in [1.54, 1.807) is 0 Å². The third-order valence-electron chi connectivity index (χ3n) is 3.11. The number of hydrogen-bond donors (Lipinski definition) is 2. The Morgan fingerprint density at radius 2 is 2.24 bits per heavy atom. The fraction of sp³-hybridized carbons (Fsp3) is 0.312. The molecule has 5 heteroatoms. The molecule has 21 heavy (non-hydrogen) atoms. The highest BCUT2D eigenvalue weighted by Crippen LogP contribution is 2.20. The van der Waals surface area contributed by atoms with Crippen molar-refractivity contribution in [2.24, 2.45) is 0 Å². The lowest BCUT2D eigenvalue weighted by atomic mass is 10.2. The second-order valence-electron chi connectivity index (χ2n) is 4.82. The molecule has 2 rings (SSSR count). The van der Waals surface area contributed by atoms with Crippen LogP contribution < -0.4 is 10.1 Å². The maximum atomic E-state index is 10.8. The molecule has 0 fully saturated rings. The molecule has 0 bridgehead atoms. The Morgan fingerprint density at radius 3 is 2.90 bits per heavy atom. The first kappa shape index (κ1) is 15.0. The van der Waals surface area contributed by atoms with Crippen molar-refractivity contribution in [3.05, 3.63) is 47.9 Å². The summed E-state index contributed by atoms with van der Waals surface area (Å²) in [6, 6.07) is 9.16. The second kappa shape index (κ2) is 6.83. The van der Waals surface area contributed by atoms with Crippen molar-refractivity contribution in [3.8, 4) is 5.75 Å². The summed E-state index contributed by atoms with van der Waals surface area (Å²) >= 11 is 0. The van der Waals surface area contributed by atoms with Gasteiger partial charge in [-0.25, -0.2) is 4.79 Å². The lowest BCUT2D eigenvalue weighted by molar-refractivity contribution is 0.0696. The Labute approximate surface area is 123 Å². The number of anilines is 1. The molecule has 2 N–H and O–H groups in total. The van der Waals surface area contributed by atoms with Crippen molar-refractivity contribution in [1.82, 2.24) is 0 Å². The molecule has 0 amide bonds. The standard InChI is InChI=1S/C16H19NO4/c1-3-11(2)21-14-6-4-5-13(8-14)17-9-15-7-12(10-20-15)16(18)19/h4-8,10-11,17H,3,9H2,1-2H3,(H,18,19). The lowest BCUT2D eigenvalue weighted by Crippen LogP contribution is -2.09. The Kier molecular flexibility index (Phi) is 4.87. The quantitative estimate of drug-likeness (QED) is 0.812. The van der Waals surface area contributed by atoms with Crippen LogP contribution in [-0.2, 0) is 6.54 Å². The fourth-order valence-corrected chi connectivity index (χ4v) is 1.77. The number of rotatable bonds is 7. The average Bonchev–Trinajstić information content (AvgIpc) is 2.94. The summed E-state index contributed by atoms with van der Waals surface area (Å²) in [6.45, 7) is 4.51. The van der Waals surface area contributed by atoms with Gasteiger partial charge in [-0.2, -0.15) is 0 Å². The van der Waals surface area contributed by atoms with Crippen molar-refractivity contribution >= 4 is 11.7 Å². The van der Waals surface area contributed by atoms with Crippen molar-refractivity contribution < 1.29 is 19.1 Å². The molecule has 0 saturated carbocycles. The Hall–Kier alpha value is -2.43. The van der Waals surface area contributed by atoms with Gasteiger partial charge in [-0.1, -0.05) is 13.0 Å². The minimum absolute atomic E-state index is 0.153. The molecule has 2 aromatic rings. The number of carbonyl (C=O) groups is 1. The zero-order valence-corrected chi connectivity index (χ0v) is 12.1. The lowest BCUT2D eigenvalue weighted by Gasteiger charge is -2.13. The van der Waals surface area contributed by atoms with Gasteiger partial charge < -0.3 is 19.6 Å². The van der Waals surface area contributed by atoms with Crippen molar-refractivity contribution in [1.29, 1.82) is 0 Å². The van der Waals surface area contributed by atoms with Gasteiger partial charge in [0.25, 0.3) is 0 Å². The van der Waals surface area contributed by atoms with Crippen LogP contribution in [-0.4, -0.2) is 17.2 Å². The highest BCUT2D eigenvalue weighted by molar-refractivity contribution is 5.87. The number of carboxylic acids is 1. The van der Waals surface area contributed by atoms with Gasteiger partial charge in [-0.15, -0.1) is 0 Å². The molecule has 0 radical (unpaired) electrons. The molecule has 1 aromatic carbocycles. The van der Waals surface area contributed by atoms with E-state index in [4.69, 9.17) is 14.3 Å². The van der Waals surface area contributed by atoms with E-state index < -0.39 is 5.97 Å². The van der Waals surface area contributed by atoms with Crippen LogP contribution in [0.4, 0.5) is 5.69 Å².